The number of hydrogen-bond acceptors (Lipinski definition) is 6. The third-order valence-electron chi connectivity index (χ3n) is 2.97. The molecule has 7 nitrogen and oxygen atoms in total. The third-order valence-corrected chi connectivity index (χ3v) is 2.97. The van der Waals surface area contributed by atoms with Gasteiger partial charge in [0.05, 0.1) is 18.8 Å². The average Bonchev–Trinajstić information content (AvgIpc) is 3.34. The van der Waals surface area contributed by atoms with Crippen molar-refractivity contribution >= 4 is 18.0 Å². The highest BCUT2D eigenvalue weighted by Crippen LogP contribution is 2.10. The molecule has 0 radical (unpaired) electrons. The van der Waals surface area contributed by atoms with Crippen molar-refractivity contribution in [3.8, 4) is 0 Å². The molecule has 0 unspecified atom stereocenters. The number of hydrogen-bond donors (Lipinski definition) is 1. The van der Waals surface area contributed by atoms with Gasteiger partial charge in [0, 0.05) is 6.08 Å². The molecule has 0 saturated heterocycles. The number of furan rings is 3. The van der Waals surface area contributed by atoms with Gasteiger partial charge in [-0.05, 0) is 36.4 Å². The Kier molecular flexibility index (Phi) is 4.62. The molecule has 0 bridgehead atoms. The molecule has 3 heterocycles. The molecule has 0 spiro atoms. The van der Waals surface area contributed by atoms with E-state index < -0.39 is 11.9 Å². The van der Waals surface area contributed by atoms with Crippen molar-refractivity contribution in [3.05, 3.63) is 78.2 Å². The minimum absolute atomic E-state index is 0.0576. The van der Waals surface area contributed by atoms with Crippen LogP contribution in [0, 0.1) is 0 Å². The van der Waals surface area contributed by atoms with E-state index in [0.29, 0.717) is 11.5 Å². The van der Waals surface area contributed by atoms with Gasteiger partial charge >= 0.3 is 5.97 Å². The first-order valence-electron chi connectivity index (χ1n) is 7.02. The number of rotatable bonds is 6. The first kappa shape index (κ1) is 15.4. The third kappa shape index (κ3) is 3.83. The number of carbonyl (C=O) groups excluding carboxylic acids is 2. The maximum atomic E-state index is 12.3. The molecule has 1 amide bonds. The maximum Gasteiger partial charge on any atom is 0.355 e. The minimum Gasteiger partial charge on any atom is -0.466 e. The maximum absolute atomic E-state index is 12.3. The number of amides is 1. The fourth-order valence-electron chi connectivity index (χ4n) is 1.86. The average molecular weight is 327 g/mol. The molecular formula is C17H13NO6. The topological polar surface area (TPSA) is 94.8 Å². The number of esters is 1. The Hall–Kier alpha value is -3.48. The summed E-state index contributed by atoms with van der Waals surface area (Å²) >= 11 is 0. The Morgan fingerprint density at radius 3 is 2.42 bits per heavy atom. The Bertz CT molecular complexity index is 813. The summed E-state index contributed by atoms with van der Waals surface area (Å²) < 4.78 is 20.4. The zero-order chi connectivity index (χ0) is 16.8. The SMILES string of the molecule is O=C(OCc1ccco1)/C(=C/c1ccco1)NC(=O)c1ccco1. The second-order valence-corrected chi connectivity index (χ2v) is 4.66. The molecule has 0 saturated carbocycles. The fraction of sp³-hybridized carbons (Fsp3) is 0.0588. The van der Waals surface area contributed by atoms with Crippen molar-refractivity contribution in [1.29, 1.82) is 0 Å². The fourth-order valence-corrected chi connectivity index (χ4v) is 1.86. The minimum atomic E-state index is -0.734. The predicted molar refractivity (Wildman–Crippen MR) is 81.4 cm³/mol. The van der Waals surface area contributed by atoms with Crippen molar-refractivity contribution in [2.24, 2.45) is 0 Å². The van der Waals surface area contributed by atoms with Crippen LogP contribution in [-0.2, 0) is 16.1 Å². The zero-order valence-corrected chi connectivity index (χ0v) is 12.4. The first-order valence-corrected chi connectivity index (χ1v) is 7.02. The second kappa shape index (κ2) is 7.19. The van der Waals surface area contributed by atoms with Crippen LogP contribution in [0.5, 0.6) is 0 Å². The number of nitrogens with one attached hydrogen (secondary N) is 1. The van der Waals surface area contributed by atoms with Gasteiger partial charge in [0.1, 0.15) is 23.8 Å². The molecule has 3 aromatic rings. The molecule has 7 heteroatoms. The van der Waals surface area contributed by atoms with Crippen LogP contribution in [0.25, 0.3) is 6.08 Å². The molecule has 122 valence electrons. The van der Waals surface area contributed by atoms with Gasteiger partial charge in [-0.25, -0.2) is 4.79 Å². The highest BCUT2D eigenvalue weighted by atomic mass is 16.5. The van der Waals surface area contributed by atoms with Crippen LogP contribution in [-0.4, -0.2) is 11.9 Å². The summed E-state index contributed by atoms with van der Waals surface area (Å²) in [7, 11) is 0. The normalized spacial score (nSPS) is 11.2. The summed E-state index contributed by atoms with van der Waals surface area (Å²) in [6, 6.07) is 9.70. The largest absolute Gasteiger partial charge is 0.466 e. The predicted octanol–water partition coefficient (Wildman–Crippen LogP) is 2.98. The van der Waals surface area contributed by atoms with Gasteiger partial charge in [0.25, 0.3) is 5.91 Å². The van der Waals surface area contributed by atoms with Gasteiger partial charge in [-0.2, -0.15) is 0 Å². The van der Waals surface area contributed by atoms with Crippen LogP contribution in [0.2, 0.25) is 0 Å². The highest BCUT2D eigenvalue weighted by molar-refractivity contribution is 6.01. The number of ether oxygens (including phenoxy) is 1. The van der Waals surface area contributed by atoms with Crippen LogP contribution >= 0.6 is 0 Å². The van der Waals surface area contributed by atoms with Crippen molar-refractivity contribution in [3.63, 3.8) is 0 Å². The summed E-state index contributed by atoms with van der Waals surface area (Å²) in [6.45, 7) is -0.0576. The Morgan fingerprint density at radius 2 is 1.75 bits per heavy atom. The van der Waals surface area contributed by atoms with E-state index in [4.69, 9.17) is 18.0 Å². The van der Waals surface area contributed by atoms with E-state index in [9.17, 15) is 9.59 Å². The van der Waals surface area contributed by atoms with Gasteiger partial charge in [0.2, 0.25) is 0 Å². The lowest BCUT2D eigenvalue weighted by Gasteiger charge is -2.08. The van der Waals surface area contributed by atoms with E-state index in [0.717, 1.165) is 0 Å². The van der Waals surface area contributed by atoms with Crippen LogP contribution < -0.4 is 5.32 Å². The summed E-state index contributed by atoms with van der Waals surface area (Å²) in [5.41, 5.74) is -0.0853. The van der Waals surface area contributed by atoms with E-state index in [1.165, 1.54) is 30.9 Å². The van der Waals surface area contributed by atoms with Gasteiger partial charge in [-0.15, -0.1) is 0 Å². The van der Waals surface area contributed by atoms with Crippen molar-refractivity contribution < 1.29 is 27.6 Å². The zero-order valence-electron chi connectivity index (χ0n) is 12.4. The summed E-state index contributed by atoms with van der Waals surface area (Å²) in [4.78, 5) is 24.3. The lowest BCUT2D eigenvalue weighted by Crippen LogP contribution is -2.28. The van der Waals surface area contributed by atoms with Crippen molar-refractivity contribution in [2.75, 3.05) is 0 Å². The van der Waals surface area contributed by atoms with E-state index in [2.05, 4.69) is 5.32 Å². The van der Waals surface area contributed by atoms with Crippen molar-refractivity contribution in [2.45, 2.75) is 6.61 Å². The summed E-state index contributed by atoms with van der Waals surface area (Å²) in [6.07, 6.45) is 5.65. The molecule has 0 aliphatic heterocycles. The highest BCUT2D eigenvalue weighted by Gasteiger charge is 2.18. The Morgan fingerprint density at radius 1 is 1.00 bits per heavy atom. The first-order chi connectivity index (χ1) is 11.7. The molecule has 1 N–H and O–H groups in total. The van der Waals surface area contributed by atoms with Crippen LogP contribution in [0.15, 0.2) is 74.1 Å². The quantitative estimate of drug-likeness (QED) is 0.552. The standard InChI is InChI=1S/C17H13NO6/c19-16(15-6-3-9-23-15)18-14(10-12-4-1-7-21-12)17(20)24-11-13-5-2-8-22-13/h1-10H,11H2,(H,18,19)/b14-10-. The second-order valence-electron chi connectivity index (χ2n) is 4.66. The summed E-state index contributed by atoms with van der Waals surface area (Å²) in [5.74, 6) is -0.368. The molecule has 0 fully saturated rings. The lowest BCUT2D eigenvalue weighted by atomic mass is 10.3. The summed E-state index contributed by atoms with van der Waals surface area (Å²) in [5, 5.41) is 2.45. The van der Waals surface area contributed by atoms with E-state index in [1.54, 1.807) is 30.3 Å². The molecular weight excluding hydrogens is 314 g/mol. The van der Waals surface area contributed by atoms with E-state index in [-0.39, 0.29) is 18.1 Å². The molecule has 3 rings (SSSR count). The molecule has 0 aliphatic carbocycles. The molecule has 0 atom stereocenters. The van der Waals surface area contributed by atoms with Gasteiger partial charge < -0.3 is 23.3 Å². The lowest BCUT2D eigenvalue weighted by molar-refractivity contribution is -0.141. The van der Waals surface area contributed by atoms with E-state index in [1.807, 2.05) is 0 Å². The Labute approximate surface area is 136 Å². The number of carbonyl (C=O) groups is 2. The molecule has 0 aliphatic rings. The Balaban J connectivity index is 1.74. The van der Waals surface area contributed by atoms with E-state index >= 15 is 0 Å². The van der Waals surface area contributed by atoms with Crippen LogP contribution in [0.4, 0.5) is 0 Å². The van der Waals surface area contributed by atoms with Gasteiger partial charge in [-0.3, -0.25) is 4.79 Å². The van der Waals surface area contributed by atoms with Crippen molar-refractivity contribution in [1.82, 2.24) is 5.32 Å². The van der Waals surface area contributed by atoms with Gasteiger partial charge in [0.15, 0.2) is 5.76 Å². The smallest absolute Gasteiger partial charge is 0.355 e. The molecule has 3 aromatic heterocycles. The molecule has 0 aromatic carbocycles. The molecule has 24 heavy (non-hydrogen) atoms. The van der Waals surface area contributed by atoms with Crippen LogP contribution in [0.3, 0.4) is 0 Å². The van der Waals surface area contributed by atoms with Crippen LogP contribution in [0.1, 0.15) is 22.1 Å². The van der Waals surface area contributed by atoms with Gasteiger partial charge in [-0.1, -0.05) is 0 Å². The monoisotopic (exact) mass is 327 g/mol.